The molecule has 0 aliphatic carbocycles. The van der Waals surface area contributed by atoms with Crippen LogP contribution in [-0.2, 0) is 10.2 Å². The van der Waals surface area contributed by atoms with Gasteiger partial charge in [0.25, 0.3) is 5.69 Å². The molecule has 1 aromatic carbocycles. The molecule has 2 rings (SSSR count). The Morgan fingerprint density at radius 1 is 1.42 bits per heavy atom. The van der Waals surface area contributed by atoms with Gasteiger partial charge in [-0.15, -0.1) is 0 Å². The van der Waals surface area contributed by atoms with E-state index in [1.807, 2.05) is 20.8 Å². The number of carbonyl (C=O) groups is 1. The molecule has 0 unspecified atom stereocenters. The first-order chi connectivity index (χ1) is 8.86. The van der Waals surface area contributed by atoms with Gasteiger partial charge in [-0.3, -0.25) is 14.9 Å². The van der Waals surface area contributed by atoms with Gasteiger partial charge in [0.1, 0.15) is 0 Å². The third-order valence-corrected chi connectivity index (χ3v) is 3.79. The third-order valence-electron chi connectivity index (χ3n) is 3.79. The number of fused-ring (bicyclic) bond motifs is 1. The number of non-ortho nitro benzene ring substituents is 1. The van der Waals surface area contributed by atoms with Crippen LogP contribution in [0.5, 0.6) is 0 Å². The molecule has 5 nitrogen and oxygen atoms in total. The Morgan fingerprint density at radius 3 is 2.68 bits per heavy atom. The van der Waals surface area contributed by atoms with Crippen LogP contribution in [0.1, 0.15) is 39.2 Å². The second kappa shape index (κ2) is 4.64. The fraction of sp³-hybridized carbons (Fsp3) is 0.500. The Morgan fingerprint density at radius 2 is 2.11 bits per heavy atom. The van der Waals surface area contributed by atoms with E-state index in [4.69, 9.17) is 0 Å². The quantitative estimate of drug-likeness (QED) is 0.608. The van der Waals surface area contributed by atoms with Crippen LogP contribution in [0.2, 0.25) is 0 Å². The largest absolute Gasteiger partial charge is 0.312 e. The zero-order chi connectivity index (χ0) is 14.2. The molecule has 0 aromatic heterocycles. The highest BCUT2D eigenvalue weighted by atomic mass is 16.6. The first-order valence-electron chi connectivity index (χ1n) is 6.46. The molecule has 0 N–H and O–H groups in total. The standard InChI is InChI=1S/C14H18N2O3/c1-4-15-12-6-5-10(16(18)19)9-11(12)14(2,3)8-7-13(15)17/h5-6,9H,4,7-8H2,1-3H3. The Labute approximate surface area is 112 Å². The van der Waals surface area contributed by atoms with E-state index < -0.39 is 0 Å². The Balaban J connectivity index is 2.64. The van der Waals surface area contributed by atoms with Crippen LogP contribution < -0.4 is 4.90 Å². The van der Waals surface area contributed by atoms with Gasteiger partial charge in [-0.05, 0) is 30.4 Å². The summed E-state index contributed by atoms with van der Waals surface area (Å²) < 4.78 is 0. The van der Waals surface area contributed by atoms with Crippen molar-refractivity contribution in [2.45, 2.75) is 39.0 Å². The fourth-order valence-electron chi connectivity index (χ4n) is 2.59. The topological polar surface area (TPSA) is 63.5 Å². The molecule has 1 aromatic rings. The lowest BCUT2D eigenvalue weighted by Crippen LogP contribution is -2.29. The molecule has 0 radical (unpaired) electrons. The van der Waals surface area contributed by atoms with Crippen LogP contribution in [-0.4, -0.2) is 17.4 Å². The van der Waals surface area contributed by atoms with E-state index in [2.05, 4.69) is 0 Å². The molecule has 19 heavy (non-hydrogen) atoms. The number of nitrogens with zero attached hydrogens (tertiary/aromatic N) is 2. The first kappa shape index (κ1) is 13.5. The zero-order valence-corrected chi connectivity index (χ0v) is 11.5. The van der Waals surface area contributed by atoms with Gasteiger partial charge in [0.15, 0.2) is 0 Å². The van der Waals surface area contributed by atoms with E-state index in [0.717, 1.165) is 11.3 Å². The van der Waals surface area contributed by atoms with Gasteiger partial charge in [0.05, 0.1) is 4.92 Å². The van der Waals surface area contributed by atoms with E-state index in [1.54, 1.807) is 17.0 Å². The summed E-state index contributed by atoms with van der Waals surface area (Å²) in [7, 11) is 0. The van der Waals surface area contributed by atoms with Gasteiger partial charge in [-0.2, -0.15) is 0 Å². The van der Waals surface area contributed by atoms with Crippen LogP contribution in [0.15, 0.2) is 18.2 Å². The summed E-state index contributed by atoms with van der Waals surface area (Å²) in [6.07, 6.45) is 1.18. The van der Waals surface area contributed by atoms with Crippen molar-refractivity contribution < 1.29 is 9.72 Å². The van der Waals surface area contributed by atoms with Crippen molar-refractivity contribution >= 4 is 17.3 Å². The monoisotopic (exact) mass is 262 g/mol. The van der Waals surface area contributed by atoms with Gasteiger partial charge in [0, 0.05) is 30.8 Å². The molecule has 1 amide bonds. The molecule has 0 saturated heterocycles. The Hall–Kier alpha value is -1.91. The average Bonchev–Trinajstić information content (AvgIpc) is 2.45. The maximum atomic E-state index is 12.1. The normalized spacial score (nSPS) is 17.8. The molecule has 5 heteroatoms. The number of benzene rings is 1. The number of nitro groups is 1. The summed E-state index contributed by atoms with van der Waals surface area (Å²) in [5.74, 6) is 0.0863. The summed E-state index contributed by atoms with van der Waals surface area (Å²) in [6.45, 7) is 6.56. The second-order valence-electron chi connectivity index (χ2n) is 5.48. The molecule has 0 spiro atoms. The molecule has 1 aliphatic rings. The van der Waals surface area contributed by atoms with E-state index in [1.165, 1.54) is 6.07 Å². The molecule has 0 saturated carbocycles. The lowest BCUT2D eigenvalue weighted by atomic mass is 9.80. The predicted molar refractivity (Wildman–Crippen MR) is 73.4 cm³/mol. The van der Waals surface area contributed by atoms with Crippen LogP contribution in [0.3, 0.4) is 0 Å². The van der Waals surface area contributed by atoms with Crippen molar-refractivity contribution in [2.75, 3.05) is 11.4 Å². The van der Waals surface area contributed by atoms with Crippen molar-refractivity contribution in [1.82, 2.24) is 0 Å². The lowest BCUT2D eigenvalue weighted by molar-refractivity contribution is -0.384. The molecule has 0 atom stereocenters. The van der Waals surface area contributed by atoms with Crippen molar-refractivity contribution in [3.8, 4) is 0 Å². The van der Waals surface area contributed by atoms with Crippen molar-refractivity contribution in [3.05, 3.63) is 33.9 Å². The number of hydrogen-bond donors (Lipinski definition) is 0. The maximum absolute atomic E-state index is 12.1. The van der Waals surface area contributed by atoms with Gasteiger partial charge in [-0.25, -0.2) is 0 Å². The highest BCUT2D eigenvalue weighted by Crippen LogP contribution is 2.40. The summed E-state index contributed by atoms with van der Waals surface area (Å²) in [6, 6.07) is 4.77. The minimum absolute atomic E-state index is 0.0808. The highest BCUT2D eigenvalue weighted by Gasteiger charge is 2.33. The van der Waals surface area contributed by atoms with Crippen LogP contribution in [0.4, 0.5) is 11.4 Å². The minimum Gasteiger partial charge on any atom is -0.312 e. The molecular weight excluding hydrogens is 244 g/mol. The molecule has 1 aliphatic heterocycles. The van der Waals surface area contributed by atoms with E-state index in [9.17, 15) is 14.9 Å². The molecular formula is C14H18N2O3. The van der Waals surface area contributed by atoms with E-state index in [-0.39, 0.29) is 21.9 Å². The molecule has 102 valence electrons. The summed E-state index contributed by atoms with van der Waals surface area (Å²) >= 11 is 0. The fourth-order valence-corrected chi connectivity index (χ4v) is 2.59. The van der Waals surface area contributed by atoms with Crippen molar-refractivity contribution in [2.24, 2.45) is 0 Å². The smallest absolute Gasteiger partial charge is 0.269 e. The summed E-state index contributed by atoms with van der Waals surface area (Å²) in [5, 5.41) is 10.9. The number of anilines is 1. The molecule has 0 bridgehead atoms. The zero-order valence-electron chi connectivity index (χ0n) is 11.5. The van der Waals surface area contributed by atoms with Crippen LogP contribution in [0.25, 0.3) is 0 Å². The lowest BCUT2D eigenvalue weighted by Gasteiger charge is -2.26. The van der Waals surface area contributed by atoms with Crippen LogP contribution in [0, 0.1) is 10.1 Å². The average molecular weight is 262 g/mol. The molecule has 1 heterocycles. The van der Waals surface area contributed by atoms with Gasteiger partial charge in [0.2, 0.25) is 5.91 Å². The number of carbonyl (C=O) groups excluding carboxylic acids is 1. The highest BCUT2D eigenvalue weighted by molar-refractivity contribution is 5.95. The summed E-state index contributed by atoms with van der Waals surface area (Å²) in [5.41, 5.74) is 1.54. The number of hydrogen-bond acceptors (Lipinski definition) is 3. The van der Waals surface area contributed by atoms with Gasteiger partial charge >= 0.3 is 0 Å². The number of nitro benzene ring substituents is 1. The van der Waals surface area contributed by atoms with E-state index in [0.29, 0.717) is 19.4 Å². The second-order valence-corrected chi connectivity index (χ2v) is 5.48. The van der Waals surface area contributed by atoms with Gasteiger partial charge < -0.3 is 4.90 Å². The van der Waals surface area contributed by atoms with E-state index >= 15 is 0 Å². The summed E-state index contributed by atoms with van der Waals surface area (Å²) in [4.78, 5) is 24.4. The molecule has 0 fully saturated rings. The Kier molecular flexibility index (Phi) is 3.30. The Bertz CT molecular complexity index is 537. The SMILES string of the molecule is CCN1C(=O)CCC(C)(C)c2cc([N+](=O)[O-])ccc21. The van der Waals surface area contributed by atoms with Crippen LogP contribution >= 0.6 is 0 Å². The minimum atomic E-state index is -0.390. The van der Waals surface area contributed by atoms with Gasteiger partial charge in [-0.1, -0.05) is 13.8 Å². The number of rotatable bonds is 2. The first-order valence-corrected chi connectivity index (χ1v) is 6.46. The van der Waals surface area contributed by atoms with Crippen molar-refractivity contribution in [3.63, 3.8) is 0 Å². The maximum Gasteiger partial charge on any atom is 0.269 e. The third kappa shape index (κ3) is 2.32. The van der Waals surface area contributed by atoms with Crippen molar-refractivity contribution in [1.29, 1.82) is 0 Å². The number of amides is 1. The predicted octanol–water partition coefficient (Wildman–Crippen LogP) is 3.02.